The Morgan fingerprint density at radius 2 is 2.33 bits per heavy atom. The van der Waals surface area contributed by atoms with Crippen LogP contribution in [0.25, 0.3) is 0 Å². The van der Waals surface area contributed by atoms with Crippen LogP contribution in [0, 0.1) is 6.92 Å². The number of rotatable bonds is 1. The molecule has 3 nitrogen and oxygen atoms in total. The third kappa shape index (κ3) is 1.46. The Kier molecular flexibility index (Phi) is 2.04. The third-order valence-corrected chi connectivity index (χ3v) is 3.50. The van der Waals surface area contributed by atoms with Crippen molar-refractivity contribution in [2.24, 2.45) is 0 Å². The fraction of sp³-hybridized carbons (Fsp3) is 0.583. The Bertz CT molecular complexity index is 380. The van der Waals surface area contributed by atoms with Gasteiger partial charge in [-0.25, -0.2) is 0 Å². The van der Waals surface area contributed by atoms with Gasteiger partial charge in [0, 0.05) is 24.2 Å². The van der Waals surface area contributed by atoms with Gasteiger partial charge < -0.3 is 9.84 Å². The van der Waals surface area contributed by atoms with Gasteiger partial charge in [0.15, 0.2) is 0 Å². The molecule has 0 spiro atoms. The van der Waals surface area contributed by atoms with Crippen molar-refractivity contribution in [2.75, 3.05) is 0 Å². The van der Waals surface area contributed by atoms with Crippen molar-refractivity contribution >= 4 is 0 Å². The first kappa shape index (κ1) is 9.31. The lowest BCUT2D eigenvalue weighted by molar-refractivity contribution is 0.0457. The average molecular weight is 205 g/mol. The van der Waals surface area contributed by atoms with Gasteiger partial charge in [-0.1, -0.05) is 0 Å². The van der Waals surface area contributed by atoms with Crippen LogP contribution in [0.3, 0.4) is 0 Å². The molecule has 2 aliphatic heterocycles. The minimum absolute atomic E-state index is 0.0109. The molecule has 2 saturated heterocycles. The fourth-order valence-electron chi connectivity index (χ4n) is 2.83. The van der Waals surface area contributed by atoms with Crippen LogP contribution in [0.5, 0.6) is 0 Å². The summed E-state index contributed by atoms with van der Waals surface area (Å²) in [7, 11) is 0. The van der Waals surface area contributed by atoms with Crippen molar-refractivity contribution in [3.8, 4) is 0 Å². The van der Waals surface area contributed by atoms with Gasteiger partial charge in [0.2, 0.25) is 0 Å². The molecule has 0 saturated carbocycles. The summed E-state index contributed by atoms with van der Waals surface area (Å²) in [5.41, 5.74) is 2.29. The minimum Gasteiger partial charge on any atom is -0.390 e. The average Bonchev–Trinajstić information content (AvgIpc) is 2.76. The maximum absolute atomic E-state index is 9.78. The summed E-state index contributed by atoms with van der Waals surface area (Å²) < 4.78 is 5.72. The van der Waals surface area contributed by atoms with Gasteiger partial charge in [-0.15, -0.1) is 0 Å². The van der Waals surface area contributed by atoms with E-state index in [-0.39, 0.29) is 18.3 Å². The van der Waals surface area contributed by atoms with Gasteiger partial charge in [0.25, 0.3) is 0 Å². The van der Waals surface area contributed by atoms with E-state index < -0.39 is 0 Å². The van der Waals surface area contributed by atoms with Crippen molar-refractivity contribution in [1.82, 2.24) is 4.98 Å². The zero-order valence-corrected chi connectivity index (χ0v) is 8.76. The third-order valence-electron chi connectivity index (χ3n) is 3.50. The fourth-order valence-corrected chi connectivity index (χ4v) is 2.83. The number of ether oxygens (including phenoxy) is 1. The van der Waals surface area contributed by atoms with Crippen LogP contribution in [0.15, 0.2) is 18.3 Å². The van der Waals surface area contributed by atoms with Crippen molar-refractivity contribution in [2.45, 2.75) is 44.0 Å². The highest BCUT2D eigenvalue weighted by atomic mass is 16.5. The van der Waals surface area contributed by atoms with Crippen LogP contribution in [0.4, 0.5) is 0 Å². The Morgan fingerprint density at radius 1 is 1.47 bits per heavy atom. The standard InChI is InChI=1S/C12H15NO2/c1-7-4-8(2-3-13-7)10-5-9-6-11(14)12(10)15-9/h2-4,9-12,14H,5-6H2,1H3. The predicted octanol–water partition coefficient (Wildman–Crippen LogP) is 1.40. The van der Waals surface area contributed by atoms with Crippen molar-refractivity contribution in [3.63, 3.8) is 0 Å². The Morgan fingerprint density at radius 3 is 3.00 bits per heavy atom. The van der Waals surface area contributed by atoms with Gasteiger partial charge in [-0.2, -0.15) is 0 Å². The highest BCUT2D eigenvalue weighted by Gasteiger charge is 2.47. The maximum atomic E-state index is 9.78. The molecule has 2 fully saturated rings. The number of aryl methyl sites for hydroxylation is 1. The zero-order chi connectivity index (χ0) is 10.4. The summed E-state index contributed by atoms with van der Waals surface area (Å²) in [5, 5.41) is 9.78. The van der Waals surface area contributed by atoms with Crippen LogP contribution in [-0.4, -0.2) is 28.4 Å². The van der Waals surface area contributed by atoms with Crippen molar-refractivity contribution in [3.05, 3.63) is 29.6 Å². The number of nitrogens with zero attached hydrogens (tertiary/aromatic N) is 1. The van der Waals surface area contributed by atoms with E-state index in [0.717, 1.165) is 18.5 Å². The summed E-state index contributed by atoms with van der Waals surface area (Å²) in [6.07, 6.45) is 3.70. The highest BCUT2D eigenvalue weighted by Crippen LogP contribution is 2.44. The van der Waals surface area contributed by atoms with Gasteiger partial charge in [-0.05, 0) is 31.0 Å². The summed E-state index contributed by atoms with van der Waals surface area (Å²) in [4.78, 5) is 4.19. The smallest absolute Gasteiger partial charge is 0.0907 e. The molecule has 2 aliphatic rings. The number of aliphatic hydroxyl groups is 1. The van der Waals surface area contributed by atoms with Gasteiger partial charge in [0.1, 0.15) is 0 Å². The van der Waals surface area contributed by atoms with Crippen LogP contribution in [0.2, 0.25) is 0 Å². The van der Waals surface area contributed by atoms with Gasteiger partial charge in [0.05, 0.1) is 18.3 Å². The topological polar surface area (TPSA) is 42.4 Å². The van der Waals surface area contributed by atoms with Crippen LogP contribution in [-0.2, 0) is 4.74 Å². The summed E-state index contributed by atoms with van der Waals surface area (Å²) in [5.74, 6) is 0.362. The van der Waals surface area contributed by atoms with Gasteiger partial charge >= 0.3 is 0 Å². The lowest BCUT2D eigenvalue weighted by Crippen LogP contribution is -2.28. The SMILES string of the molecule is Cc1cc(C2CC3CC(O)C2O3)ccn1. The van der Waals surface area contributed by atoms with Gasteiger partial charge in [-0.3, -0.25) is 4.98 Å². The quantitative estimate of drug-likeness (QED) is 0.753. The van der Waals surface area contributed by atoms with E-state index in [1.54, 1.807) is 0 Å². The molecule has 0 radical (unpaired) electrons. The number of pyridine rings is 1. The normalized spacial score (nSPS) is 38.5. The van der Waals surface area contributed by atoms with E-state index in [4.69, 9.17) is 4.74 Å². The Hall–Kier alpha value is -0.930. The summed E-state index contributed by atoms with van der Waals surface area (Å²) in [6, 6.07) is 4.13. The molecule has 1 aromatic rings. The first-order valence-electron chi connectivity index (χ1n) is 5.50. The second kappa shape index (κ2) is 3.29. The lowest BCUT2D eigenvalue weighted by atomic mass is 9.82. The molecule has 1 aromatic heterocycles. The first-order valence-corrected chi connectivity index (χ1v) is 5.50. The number of aliphatic hydroxyl groups excluding tert-OH is 1. The molecule has 80 valence electrons. The Balaban J connectivity index is 1.90. The Labute approximate surface area is 89.1 Å². The number of aromatic nitrogens is 1. The molecule has 4 atom stereocenters. The van der Waals surface area contributed by atoms with Crippen molar-refractivity contribution in [1.29, 1.82) is 0 Å². The second-order valence-electron chi connectivity index (χ2n) is 4.60. The van der Waals surface area contributed by atoms with E-state index in [2.05, 4.69) is 11.1 Å². The molecule has 3 heteroatoms. The molecular weight excluding hydrogens is 190 g/mol. The zero-order valence-electron chi connectivity index (χ0n) is 8.76. The predicted molar refractivity (Wildman–Crippen MR) is 55.6 cm³/mol. The number of hydrogen-bond acceptors (Lipinski definition) is 3. The second-order valence-corrected chi connectivity index (χ2v) is 4.60. The maximum Gasteiger partial charge on any atom is 0.0907 e. The van der Waals surface area contributed by atoms with E-state index >= 15 is 0 Å². The molecule has 15 heavy (non-hydrogen) atoms. The van der Waals surface area contributed by atoms with Crippen LogP contribution >= 0.6 is 0 Å². The molecular formula is C12H15NO2. The van der Waals surface area contributed by atoms with Crippen molar-refractivity contribution < 1.29 is 9.84 Å². The highest BCUT2D eigenvalue weighted by molar-refractivity contribution is 5.24. The van der Waals surface area contributed by atoms with E-state index in [9.17, 15) is 5.11 Å². The first-order chi connectivity index (χ1) is 7.24. The van der Waals surface area contributed by atoms with Crippen LogP contribution < -0.4 is 0 Å². The molecule has 0 amide bonds. The number of hydrogen-bond donors (Lipinski definition) is 1. The molecule has 3 heterocycles. The largest absolute Gasteiger partial charge is 0.390 e. The monoisotopic (exact) mass is 205 g/mol. The molecule has 2 bridgehead atoms. The molecule has 0 aromatic carbocycles. The molecule has 4 unspecified atom stereocenters. The molecule has 1 N–H and O–H groups in total. The minimum atomic E-state index is -0.276. The van der Waals surface area contributed by atoms with E-state index in [0.29, 0.717) is 5.92 Å². The van der Waals surface area contributed by atoms with E-state index in [1.807, 2.05) is 19.2 Å². The molecule has 0 aliphatic carbocycles. The van der Waals surface area contributed by atoms with E-state index in [1.165, 1.54) is 5.56 Å². The summed E-state index contributed by atoms with van der Waals surface area (Å²) >= 11 is 0. The van der Waals surface area contributed by atoms with Crippen LogP contribution in [0.1, 0.15) is 30.0 Å². The summed E-state index contributed by atoms with van der Waals surface area (Å²) in [6.45, 7) is 1.99. The molecule has 3 rings (SSSR count). The number of fused-ring (bicyclic) bond motifs is 2. The lowest BCUT2D eigenvalue weighted by Gasteiger charge is -2.23.